The normalized spacial score (nSPS) is 10.7. The second kappa shape index (κ2) is 4.13. The molecule has 0 fully saturated rings. The molecule has 0 aliphatic heterocycles. The van der Waals surface area contributed by atoms with Gasteiger partial charge >= 0.3 is 0 Å². The molecule has 0 atom stereocenters. The Bertz CT molecular complexity index is 377. The molecule has 0 aliphatic carbocycles. The lowest BCUT2D eigenvalue weighted by atomic mass is 10.1. The molecule has 0 saturated heterocycles. The van der Waals surface area contributed by atoms with Crippen LogP contribution in [0.25, 0.3) is 0 Å². The van der Waals surface area contributed by atoms with Gasteiger partial charge in [0, 0.05) is 10.0 Å². The summed E-state index contributed by atoms with van der Waals surface area (Å²) < 4.78 is 37.6. The number of Topliss-reactive ketones (excluding diaryl/α,β-unsaturated/α-hetero) is 1. The predicted octanol–water partition coefficient (Wildman–Crippen LogP) is 3.73. The molecule has 0 N–H and O–H groups in total. The standard InChI is InChI=1S/C9H6BrF3O/c1-4(14)5-3-8(11)6(9(12)13)2-7(5)10/h2-3,9H,1H3. The fourth-order valence-electron chi connectivity index (χ4n) is 0.999. The van der Waals surface area contributed by atoms with Gasteiger partial charge in [-0.25, -0.2) is 13.2 Å². The molecule has 1 nitrogen and oxygen atoms in total. The maximum Gasteiger partial charge on any atom is 0.266 e. The lowest BCUT2D eigenvalue weighted by Crippen LogP contribution is -1.99. The zero-order valence-corrected chi connectivity index (χ0v) is 8.74. The van der Waals surface area contributed by atoms with E-state index in [2.05, 4.69) is 15.9 Å². The van der Waals surface area contributed by atoms with Gasteiger partial charge in [0.1, 0.15) is 5.82 Å². The van der Waals surface area contributed by atoms with Crippen LogP contribution in [-0.4, -0.2) is 5.78 Å². The van der Waals surface area contributed by atoms with Crippen molar-refractivity contribution in [2.45, 2.75) is 13.3 Å². The number of hydrogen-bond acceptors (Lipinski definition) is 1. The van der Waals surface area contributed by atoms with Crippen LogP contribution in [0.15, 0.2) is 16.6 Å². The molecule has 14 heavy (non-hydrogen) atoms. The molecule has 0 radical (unpaired) electrons. The highest BCUT2D eigenvalue weighted by Crippen LogP contribution is 2.28. The molecule has 76 valence electrons. The fraction of sp³-hybridized carbons (Fsp3) is 0.222. The van der Waals surface area contributed by atoms with Crippen molar-refractivity contribution in [3.63, 3.8) is 0 Å². The van der Waals surface area contributed by atoms with Crippen LogP contribution in [0, 0.1) is 5.82 Å². The number of carbonyl (C=O) groups excluding carboxylic acids is 1. The Hall–Kier alpha value is -0.840. The average molecular weight is 267 g/mol. The molecular formula is C9H6BrF3O. The number of ketones is 1. The summed E-state index contributed by atoms with van der Waals surface area (Å²) in [7, 11) is 0. The Balaban J connectivity index is 3.31. The van der Waals surface area contributed by atoms with Gasteiger partial charge in [0.05, 0.1) is 5.56 Å². The minimum absolute atomic E-state index is 0.0619. The number of carbonyl (C=O) groups is 1. The summed E-state index contributed by atoms with van der Waals surface area (Å²) in [5, 5.41) is 0. The average Bonchev–Trinajstić information content (AvgIpc) is 2.07. The Morgan fingerprint density at radius 1 is 1.43 bits per heavy atom. The first kappa shape index (κ1) is 11.2. The van der Waals surface area contributed by atoms with Crippen LogP contribution < -0.4 is 0 Å². The summed E-state index contributed by atoms with van der Waals surface area (Å²) in [5.41, 5.74) is -0.645. The van der Waals surface area contributed by atoms with E-state index in [1.807, 2.05) is 0 Å². The second-order valence-electron chi connectivity index (χ2n) is 2.71. The molecule has 5 heteroatoms. The zero-order chi connectivity index (χ0) is 10.9. The van der Waals surface area contributed by atoms with Gasteiger partial charge in [-0.2, -0.15) is 0 Å². The predicted molar refractivity (Wildman–Crippen MR) is 49.1 cm³/mol. The lowest BCUT2D eigenvalue weighted by Gasteiger charge is -2.05. The first-order valence-electron chi connectivity index (χ1n) is 3.71. The van der Waals surface area contributed by atoms with Gasteiger partial charge in [-0.3, -0.25) is 4.79 Å². The number of alkyl halides is 2. The zero-order valence-electron chi connectivity index (χ0n) is 7.15. The summed E-state index contributed by atoms with van der Waals surface area (Å²) in [5.74, 6) is -1.44. The van der Waals surface area contributed by atoms with E-state index in [0.717, 1.165) is 12.1 Å². The molecular weight excluding hydrogens is 261 g/mol. The monoisotopic (exact) mass is 266 g/mol. The minimum atomic E-state index is -2.88. The first-order chi connectivity index (χ1) is 6.43. The maximum absolute atomic E-state index is 13.0. The van der Waals surface area contributed by atoms with Crippen molar-refractivity contribution in [3.8, 4) is 0 Å². The molecule has 1 aromatic carbocycles. The van der Waals surface area contributed by atoms with Crippen LogP contribution in [0.3, 0.4) is 0 Å². The highest BCUT2D eigenvalue weighted by molar-refractivity contribution is 9.10. The van der Waals surface area contributed by atoms with Crippen molar-refractivity contribution < 1.29 is 18.0 Å². The molecule has 0 unspecified atom stereocenters. The van der Waals surface area contributed by atoms with Crippen LogP contribution in [0.1, 0.15) is 29.3 Å². The van der Waals surface area contributed by atoms with E-state index in [1.54, 1.807) is 0 Å². The summed E-state index contributed by atoms with van der Waals surface area (Å²) >= 11 is 2.93. The molecule has 0 aliphatic rings. The quantitative estimate of drug-likeness (QED) is 0.746. The summed E-state index contributed by atoms with van der Waals surface area (Å²) in [6.07, 6.45) is -2.88. The van der Waals surface area contributed by atoms with E-state index in [9.17, 15) is 18.0 Å². The first-order valence-corrected chi connectivity index (χ1v) is 4.50. The minimum Gasteiger partial charge on any atom is -0.294 e. The summed E-state index contributed by atoms with van der Waals surface area (Å²) in [6, 6.07) is 1.74. The Morgan fingerprint density at radius 2 is 2.00 bits per heavy atom. The van der Waals surface area contributed by atoms with E-state index in [4.69, 9.17) is 0 Å². The summed E-state index contributed by atoms with van der Waals surface area (Å²) in [6.45, 7) is 1.24. The highest BCUT2D eigenvalue weighted by Gasteiger charge is 2.17. The van der Waals surface area contributed by atoms with E-state index in [1.165, 1.54) is 6.92 Å². The second-order valence-corrected chi connectivity index (χ2v) is 3.56. The van der Waals surface area contributed by atoms with Crippen molar-refractivity contribution >= 4 is 21.7 Å². The van der Waals surface area contributed by atoms with Gasteiger partial charge in [0.2, 0.25) is 0 Å². The largest absolute Gasteiger partial charge is 0.294 e. The lowest BCUT2D eigenvalue weighted by molar-refractivity contribution is 0.101. The third-order valence-corrected chi connectivity index (χ3v) is 2.36. The van der Waals surface area contributed by atoms with Gasteiger partial charge in [-0.05, 0) is 19.1 Å². The number of rotatable bonds is 2. The third-order valence-electron chi connectivity index (χ3n) is 1.70. The molecule has 1 rings (SSSR count). The maximum atomic E-state index is 13.0. The van der Waals surface area contributed by atoms with Crippen molar-refractivity contribution in [3.05, 3.63) is 33.5 Å². The van der Waals surface area contributed by atoms with Crippen molar-refractivity contribution in [2.24, 2.45) is 0 Å². The Kier molecular flexibility index (Phi) is 3.31. The van der Waals surface area contributed by atoms with Gasteiger partial charge in [-0.1, -0.05) is 15.9 Å². The third kappa shape index (κ3) is 2.15. The number of benzene rings is 1. The highest BCUT2D eigenvalue weighted by atomic mass is 79.9. The topological polar surface area (TPSA) is 17.1 Å². The molecule has 0 heterocycles. The SMILES string of the molecule is CC(=O)c1cc(F)c(C(F)F)cc1Br. The molecule has 0 saturated carbocycles. The number of halogens is 4. The molecule has 0 bridgehead atoms. The van der Waals surface area contributed by atoms with E-state index >= 15 is 0 Å². The van der Waals surface area contributed by atoms with E-state index in [-0.39, 0.29) is 15.8 Å². The number of hydrogen-bond donors (Lipinski definition) is 0. The van der Waals surface area contributed by atoms with Crippen LogP contribution in [-0.2, 0) is 0 Å². The summed E-state index contributed by atoms with van der Waals surface area (Å²) in [4.78, 5) is 10.9. The van der Waals surface area contributed by atoms with E-state index < -0.39 is 17.8 Å². The van der Waals surface area contributed by atoms with Crippen LogP contribution in [0.2, 0.25) is 0 Å². The van der Waals surface area contributed by atoms with Gasteiger partial charge in [0.15, 0.2) is 5.78 Å². The van der Waals surface area contributed by atoms with Gasteiger partial charge in [-0.15, -0.1) is 0 Å². The van der Waals surface area contributed by atoms with Gasteiger partial charge in [0.25, 0.3) is 6.43 Å². The fourth-order valence-corrected chi connectivity index (χ4v) is 1.64. The Labute approximate surface area is 87.1 Å². The van der Waals surface area contributed by atoms with Crippen LogP contribution in [0.5, 0.6) is 0 Å². The van der Waals surface area contributed by atoms with Crippen molar-refractivity contribution in [1.29, 1.82) is 0 Å². The van der Waals surface area contributed by atoms with Crippen molar-refractivity contribution in [2.75, 3.05) is 0 Å². The van der Waals surface area contributed by atoms with Gasteiger partial charge < -0.3 is 0 Å². The van der Waals surface area contributed by atoms with E-state index in [0.29, 0.717) is 0 Å². The molecule has 0 amide bonds. The van der Waals surface area contributed by atoms with Crippen LogP contribution >= 0.6 is 15.9 Å². The van der Waals surface area contributed by atoms with Crippen molar-refractivity contribution in [1.82, 2.24) is 0 Å². The Morgan fingerprint density at radius 3 is 2.43 bits per heavy atom. The molecule has 0 spiro atoms. The molecule has 0 aromatic heterocycles. The molecule has 1 aromatic rings. The smallest absolute Gasteiger partial charge is 0.266 e. The van der Waals surface area contributed by atoms with Crippen LogP contribution in [0.4, 0.5) is 13.2 Å².